The number of benzene rings is 1. The van der Waals surface area contributed by atoms with Crippen LogP contribution >= 0.6 is 0 Å². The Hall–Kier alpha value is -3.09. The average molecular weight is 382 g/mol. The van der Waals surface area contributed by atoms with Gasteiger partial charge in [0.15, 0.2) is 5.75 Å². The van der Waals surface area contributed by atoms with Crippen molar-refractivity contribution in [3.63, 3.8) is 0 Å². The molecule has 2 N–H and O–H groups in total. The number of ether oxygens (including phenoxy) is 1. The SMILES string of the molecule is CCCCNC(=O)N1CCCC1C(=O)Nc1ccccc1Oc1cccnc1. The Morgan fingerprint density at radius 1 is 1.25 bits per heavy atom. The lowest BCUT2D eigenvalue weighted by molar-refractivity contribution is -0.119. The van der Waals surface area contributed by atoms with Gasteiger partial charge < -0.3 is 20.3 Å². The van der Waals surface area contributed by atoms with Crippen molar-refractivity contribution >= 4 is 17.6 Å². The molecule has 0 bridgehead atoms. The van der Waals surface area contributed by atoms with Crippen LogP contribution in [0.4, 0.5) is 10.5 Å². The van der Waals surface area contributed by atoms with Crippen LogP contribution in [0, 0.1) is 0 Å². The van der Waals surface area contributed by atoms with Crippen molar-refractivity contribution in [1.29, 1.82) is 0 Å². The van der Waals surface area contributed by atoms with Crippen LogP contribution in [-0.2, 0) is 4.79 Å². The van der Waals surface area contributed by atoms with E-state index in [-0.39, 0.29) is 11.9 Å². The minimum Gasteiger partial charge on any atom is -0.454 e. The fraction of sp³-hybridized carbons (Fsp3) is 0.381. The second-order valence-electron chi connectivity index (χ2n) is 6.71. The van der Waals surface area contributed by atoms with Gasteiger partial charge in [-0.15, -0.1) is 0 Å². The predicted octanol–water partition coefficient (Wildman–Crippen LogP) is 3.79. The first-order valence-electron chi connectivity index (χ1n) is 9.71. The molecule has 1 saturated heterocycles. The molecule has 0 aliphatic carbocycles. The number of carbonyl (C=O) groups excluding carboxylic acids is 2. The fourth-order valence-corrected chi connectivity index (χ4v) is 3.17. The Morgan fingerprint density at radius 3 is 2.89 bits per heavy atom. The molecule has 1 fully saturated rings. The monoisotopic (exact) mass is 382 g/mol. The molecule has 1 aromatic carbocycles. The van der Waals surface area contributed by atoms with Crippen LogP contribution in [0.1, 0.15) is 32.6 Å². The third-order valence-electron chi connectivity index (χ3n) is 4.63. The van der Waals surface area contributed by atoms with Gasteiger partial charge in [0.25, 0.3) is 0 Å². The van der Waals surface area contributed by atoms with Crippen LogP contribution in [0.15, 0.2) is 48.8 Å². The van der Waals surface area contributed by atoms with Gasteiger partial charge >= 0.3 is 6.03 Å². The first-order chi connectivity index (χ1) is 13.7. The number of rotatable bonds is 7. The van der Waals surface area contributed by atoms with Crippen molar-refractivity contribution < 1.29 is 14.3 Å². The molecule has 0 radical (unpaired) electrons. The molecule has 7 heteroatoms. The number of anilines is 1. The highest BCUT2D eigenvalue weighted by Crippen LogP contribution is 2.29. The molecule has 3 amide bonds. The van der Waals surface area contributed by atoms with E-state index in [0.717, 1.165) is 19.3 Å². The van der Waals surface area contributed by atoms with Gasteiger partial charge in [-0.25, -0.2) is 4.79 Å². The summed E-state index contributed by atoms with van der Waals surface area (Å²) in [4.78, 5) is 30.9. The number of amides is 3. The summed E-state index contributed by atoms with van der Waals surface area (Å²) in [6, 6.07) is 10.2. The van der Waals surface area contributed by atoms with Crippen molar-refractivity contribution in [2.24, 2.45) is 0 Å². The molecule has 2 aromatic rings. The second kappa shape index (κ2) is 9.73. The molecule has 1 aliphatic rings. The van der Waals surface area contributed by atoms with Crippen LogP contribution in [0.3, 0.4) is 0 Å². The molecular weight excluding hydrogens is 356 g/mol. The molecular formula is C21H26N4O3. The molecule has 1 aliphatic heterocycles. The number of nitrogens with one attached hydrogen (secondary N) is 2. The smallest absolute Gasteiger partial charge is 0.318 e. The van der Waals surface area contributed by atoms with E-state index in [1.165, 1.54) is 0 Å². The fourth-order valence-electron chi connectivity index (χ4n) is 3.17. The number of likely N-dealkylation sites (tertiary alicyclic amines) is 1. The van der Waals surface area contributed by atoms with Crippen LogP contribution in [0.5, 0.6) is 11.5 Å². The Morgan fingerprint density at radius 2 is 2.11 bits per heavy atom. The molecule has 0 spiro atoms. The summed E-state index contributed by atoms with van der Waals surface area (Å²) >= 11 is 0. The van der Waals surface area contributed by atoms with E-state index in [4.69, 9.17) is 4.74 Å². The summed E-state index contributed by atoms with van der Waals surface area (Å²) < 4.78 is 5.84. The first-order valence-corrected chi connectivity index (χ1v) is 9.71. The Balaban J connectivity index is 1.66. The summed E-state index contributed by atoms with van der Waals surface area (Å²) in [5.41, 5.74) is 0.564. The second-order valence-corrected chi connectivity index (χ2v) is 6.71. The summed E-state index contributed by atoms with van der Waals surface area (Å²) in [5, 5.41) is 5.81. The van der Waals surface area contributed by atoms with Crippen LogP contribution in [0.2, 0.25) is 0 Å². The quantitative estimate of drug-likeness (QED) is 0.714. The molecule has 1 unspecified atom stereocenters. The van der Waals surface area contributed by atoms with Gasteiger partial charge in [0.2, 0.25) is 5.91 Å². The maximum absolute atomic E-state index is 12.9. The lowest BCUT2D eigenvalue weighted by atomic mass is 10.2. The van der Waals surface area contributed by atoms with Gasteiger partial charge in [0.05, 0.1) is 11.9 Å². The molecule has 7 nitrogen and oxygen atoms in total. The van der Waals surface area contributed by atoms with Gasteiger partial charge in [-0.1, -0.05) is 25.5 Å². The highest BCUT2D eigenvalue weighted by molar-refractivity contribution is 5.98. The number of hydrogen-bond donors (Lipinski definition) is 2. The van der Waals surface area contributed by atoms with Crippen LogP contribution in [0.25, 0.3) is 0 Å². The van der Waals surface area contributed by atoms with Gasteiger partial charge in [0, 0.05) is 19.3 Å². The van der Waals surface area contributed by atoms with E-state index in [0.29, 0.717) is 36.7 Å². The van der Waals surface area contributed by atoms with Crippen LogP contribution < -0.4 is 15.4 Å². The summed E-state index contributed by atoms with van der Waals surface area (Å²) in [6.45, 7) is 3.29. The lowest BCUT2D eigenvalue weighted by Crippen LogP contribution is -2.47. The third kappa shape index (κ3) is 5.00. The topological polar surface area (TPSA) is 83.6 Å². The number of unbranched alkanes of at least 4 members (excludes halogenated alkanes) is 1. The number of carbonyl (C=O) groups is 2. The summed E-state index contributed by atoms with van der Waals surface area (Å²) in [7, 11) is 0. The average Bonchev–Trinajstić information content (AvgIpc) is 3.20. The number of aromatic nitrogens is 1. The molecule has 3 rings (SSSR count). The number of pyridine rings is 1. The first kappa shape index (κ1) is 19.7. The summed E-state index contributed by atoms with van der Waals surface area (Å²) in [5.74, 6) is 0.910. The maximum atomic E-state index is 12.9. The van der Waals surface area contributed by atoms with E-state index < -0.39 is 6.04 Å². The number of hydrogen-bond acceptors (Lipinski definition) is 4. The van der Waals surface area contributed by atoms with E-state index in [1.54, 1.807) is 41.6 Å². The zero-order valence-corrected chi connectivity index (χ0v) is 16.1. The zero-order chi connectivity index (χ0) is 19.8. The Labute approximate surface area is 165 Å². The van der Waals surface area contributed by atoms with Crippen molar-refractivity contribution in [3.8, 4) is 11.5 Å². The zero-order valence-electron chi connectivity index (χ0n) is 16.1. The highest BCUT2D eigenvalue weighted by Gasteiger charge is 2.34. The Kier molecular flexibility index (Phi) is 6.84. The number of nitrogens with zero attached hydrogens (tertiary/aromatic N) is 2. The molecule has 0 saturated carbocycles. The lowest BCUT2D eigenvalue weighted by Gasteiger charge is -2.24. The highest BCUT2D eigenvalue weighted by atomic mass is 16.5. The van der Waals surface area contributed by atoms with E-state index in [9.17, 15) is 9.59 Å². The van der Waals surface area contributed by atoms with Gasteiger partial charge in [-0.3, -0.25) is 9.78 Å². The minimum atomic E-state index is -0.479. The maximum Gasteiger partial charge on any atom is 0.318 e. The van der Waals surface area contributed by atoms with Crippen molar-refractivity contribution in [2.75, 3.05) is 18.4 Å². The van der Waals surface area contributed by atoms with Crippen molar-refractivity contribution in [1.82, 2.24) is 15.2 Å². The van der Waals surface area contributed by atoms with E-state index >= 15 is 0 Å². The number of urea groups is 1. The predicted molar refractivity (Wildman–Crippen MR) is 107 cm³/mol. The minimum absolute atomic E-state index is 0.175. The molecule has 28 heavy (non-hydrogen) atoms. The van der Waals surface area contributed by atoms with E-state index in [2.05, 4.69) is 22.5 Å². The molecule has 148 valence electrons. The summed E-state index contributed by atoms with van der Waals surface area (Å²) in [6.07, 6.45) is 6.68. The third-order valence-corrected chi connectivity index (χ3v) is 4.63. The van der Waals surface area contributed by atoms with Gasteiger partial charge in [0.1, 0.15) is 11.8 Å². The van der Waals surface area contributed by atoms with Gasteiger partial charge in [-0.05, 0) is 43.5 Å². The van der Waals surface area contributed by atoms with E-state index in [1.807, 2.05) is 12.1 Å². The van der Waals surface area contributed by atoms with Crippen molar-refractivity contribution in [2.45, 2.75) is 38.6 Å². The number of para-hydroxylation sites is 2. The normalized spacial score (nSPS) is 15.9. The molecule has 1 atom stereocenters. The van der Waals surface area contributed by atoms with Crippen LogP contribution in [-0.4, -0.2) is 41.0 Å². The standard InChI is InChI=1S/C21H26N4O3/c1-2-3-13-23-21(27)25-14-7-10-18(25)20(26)24-17-9-4-5-11-19(17)28-16-8-6-12-22-15-16/h4-6,8-9,11-12,15,18H,2-3,7,10,13-14H2,1H3,(H,23,27)(H,24,26). The van der Waals surface area contributed by atoms with Crippen molar-refractivity contribution in [3.05, 3.63) is 48.8 Å². The molecule has 1 aromatic heterocycles. The Bertz CT molecular complexity index is 797. The van der Waals surface area contributed by atoms with Gasteiger partial charge in [-0.2, -0.15) is 0 Å². The largest absolute Gasteiger partial charge is 0.454 e. The molecule has 2 heterocycles.